The summed E-state index contributed by atoms with van der Waals surface area (Å²) in [6, 6.07) is 10.1. The maximum Gasteiger partial charge on any atom is 0.225 e. The van der Waals surface area contributed by atoms with E-state index in [2.05, 4.69) is 24.0 Å². The van der Waals surface area contributed by atoms with E-state index < -0.39 is 0 Å². The van der Waals surface area contributed by atoms with Crippen molar-refractivity contribution >= 4 is 11.6 Å². The second-order valence-corrected chi connectivity index (χ2v) is 5.52. The first-order chi connectivity index (χ1) is 9.76. The monoisotopic (exact) mass is 291 g/mol. The quantitative estimate of drug-likeness (QED) is 0.732. The van der Waals surface area contributed by atoms with Crippen LogP contribution in [-0.4, -0.2) is 14.8 Å². The molecule has 0 fully saturated rings. The predicted molar refractivity (Wildman–Crippen MR) is 83.8 cm³/mol. The second kappa shape index (κ2) is 7.44. The molecule has 0 N–H and O–H groups in total. The van der Waals surface area contributed by atoms with Crippen LogP contribution in [0.25, 0.3) is 11.4 Å². The lowest BCUT2D eigenvalue weighted by molar-refractivity contribution is 0.392. The minimum Gasteiger partial charge on any atom is -0.298 e. The van der Waals surface area contributed by atoms with Gasteiger partial charge in [0.15, 0.2) is 5.82 Å². The topological polar surface area (TPSA) is 30.7 Å². The minimum absolute atomic E-state index is 0.485. The number of halogens is 1. The van der Waals surface area contributed by atoms with E-state index in [1.807, 2.05) is 34.9 Å². The molecule has 0 aliphatic carbocycles. The molecule has 1 unspecified atom stereocenters. The van der Waals surface area contributed by atoms with Crippen LogP contribution >= 0.6 is 11.6 Å². The Balaban J connectivity index is 2.21. The fraction of sp³-hybridized carbons (Fsp3) is 0.500. The number of hydrogen-bond donors (Lipinski definition) is 0. The van der Waals surface area contributed by atoms with E-state index in [-0.39, 0.29) is 0 Å². The Labute approximate surface area is 126 Å². The van der Waals surface area contributed by atoms with Crippen molar-refractivity contribution in [3.05, 3.63) is 35.6 Å². The normalized spacial score (nSPS) is 12.6. The van der Waals surface area contributed by atoms with Crippen molar-refractivity contribution in [2.45, 2.75) is 46.1 Å². The molecule has 4 heteroatoms. The summed E-state index contributed by atoms with van der Waals surface area (Å²) in [4.78, 5) is 0. The van der Waals surface area contributed by atoms with Gasteiger partial charge >= 0.3 is 0 Å². The van der Waals surface area contributed by atoms with Crippen LogP contribution in [0, 0.1) is 5.92 Å². The van der Waals surface area contributed by atoms with Crippen LogP contribution in [0.3, 0.4) is 0 Å². The first-order valence-electron chi connectivity index (χ1n) is 7.40. The molecule has 0 amide bonds. The van der Waals surface area contributed by atoms with E-state index in [0.717, 1.165) is 24.4 Å². The Morgan fingerprint density at radius 2 is 1.90 bits per heavy atom. The molecule has 0 radical (unpaired) electrons. The Morgan fingerprint density at radius 3 is 2.55 bits per heavy atom. The Kier molecular flexibility index (Phi) is 5.60. The van der Waals surface area contributed by atoms with Gasteiger partial charge in [0.2, 0.25) is 5.28 Å². The van der Waals surface area contributed by atoms with Crippen molar-refractivity contribution < 1.29 is 0 Å². The van der Waals surface area contributed by atoms with E-state index in [1.54, 1.807) is 0 Å². The van der Waals surface area contributed by atoms with Crippen LogP contribution in [-0.2, 0) is 6.54 Å². The molecule has 108 valence electrons. The standard InChI is InChI=1S/C16H22ClN3/c1-3-5-9-13(4-2)12-20-15(18-19-16(20)17)14-10-7-6-8-11-14/h6-8,10-11,13H,3-5,9,12H2,1-2H3. The van der Waals surface area contributed by atoms with Crippen molar-refractivity contribution in [1.82, 2.24) is 14.8 Å². The lowest BCUT2D eigenvalue weighted by atomic mass is 9.99. The number of unbranched alkanes of at least 4 members (excludes halogenated alkanes) is 1. The van der Waals surface area contributed by atoms with Gasteiger partial charge in [0.05, 0.1) is 0 Å². The van der Waals surface area contributed by atoms with Crippen LogP contribution in [0.5, 0.6) is 0 Å². The average molecular weight is 292 g/mol. The van der Waals surface area contributed by atoms with E-state index in [4.69, 9.17) is 11.6 Å². The summed E-state index contributed by atoms with van der Waals surface area (Å²) in [7, 11) is 0. The van der Waals surface area contributed by atoms with E-state index in [1.165, 1.54) is 19.3 Å². The lowest BCUT2D eigenvalue weighted by Gasteiger charge is -2.17. The number of nitrogens with zero attached hydrogens (tertiary/aromatic N) is 3. The van der Waals surface area contributed by atoms with Crippen LogP contribution in [0.2, 0.25) is 5.28 Å². The summed E-state index contributed by atoms with van der Waals surface area (Å²) < 4.78 is 2.04. The van der Waals surface area contributed by atoms with Gasteiger partial charge in [0, 0.05) is 12.1 Å². The molecule has 1 atom stereocenters. The van der Waals surface area contributed by atoms with Crippen molar-refractivity contribution in [1.29, 1.82) is 0 Å². The second-order valence-electron chi connectivity index (χ2n) is 5.19. The van der Waals surface area contributed by atoms with Crippen LogP contribution in [0.4, 0.5) is 0 Å². The fourth-order valence-corrected chi connectivity index (χ4v) is 2.61. The molecule has 20 heavy (non-hydrogen) atoms. The summed E-state index contributed by atoms with van der Waals surface area (Å²) in [5.41, 5.74) is 1.07. The minimum atomic E-state index is 0.485. The van der Waals surface area contributed by atoms with Gasteiger partial charge < -0.3 is 0 Å². The van der Waals surface area contributed by atoms with Crippen LogP contribution in [0.1, 0.15) is 39.5 Å². The predicted octanol–water partition coefficient (Wildman–Crippen LogP) is 4.81. The van der Waals surface area contributed by atoms with Crippen molar-refractivity contribution in [2.75, 3.05) is 0 Å². The summed E-state index contributed by atoms with van der Waals surface area (Å²) >= 11 is 6.22. The first-order valence-corrected chi connectivity index (χ1v) is 7.78. The summed E-state index contributed by atoms with van der Waals surface area (Å²) in [5.74, 6) is 1.50. The zero-order chi connectivity index (χ0) is 14.4. The lowest BCUT2D eigenvalue weighted by Crippen LogP contribution is -2.11. The van der Waals surface area contributed by atoms with Gasteiger partial charge in [0.25, 0.3) is 0 Å². The summed E-state index contributed by atoms with van der Waals surface area (Å²) in [6.07, 6.45) is 4.88. The third kappa shape index (κ3) is 3.60. The van der Waals surface area contributed by atoms with Gasteiger partial charge in [-0.2, -0.15) is 0 Å². The van der Waals surface area contributed by atoms with Crippen LogP contribution < -0.4 is 0 Å². The molecule has 2 rings (SSSR count). The van der Waals surface area contributed by atoms with E-state index >= 15 is 0 Å². The molecule has 0 saturated carbocycles. The fourth-order valence-electron chi connectivity index (χ4n) is 2.42. The highest BCUT2D eigenvalue weighted by atomic mass is 35.5. The van der Waals surface area contributed by atoms with Gasteiger partial charge in [0.1, 0.15) is 0 Å². The SMILES string of the molecule is CCCCC(CC)Cn1c(Cl)nnc1-c1ccccc1. The zero-order valence-corrected chi connectivity index (χ0v) is 13.0. The third-order valence-electron chi connectivity index (χ3n) is 3.72. The third-order valence-corrected chi connectivity index (χ3v) is 4.00. The maximum absolute atomic E-state index is 6.22. The van der Waals surface area contributed by atoms with E-state index in [0.29, 0.717) is 11.2 Å². The molecule has 0 saturated heterocycles. The highest BCUT2D eigenvalue weighted by Crippen LogP contribution is 2.24. The number of aromatic nitrogens is 3. The zero-order valence-electron chi connectivity index (χ0n) is 12.2. The Morgan fingerprint density at radius 1 is 1.15 bits per heavy atom. The molecular weight excluding hydrogens is 270 g/mol. The molecular formula is C16H22ClN3. The molecule has 0 spiro atoms. The molecule has 1 heterocycles. The Hall–Kier alpha value is -1.35. The van der Waals surface area contributed by atoms with Crippen molar-refractivity contribution in [3.8, 4) is 11.4 Å². The molecule has 2 aromatic rings. The number of rotatable bonds is 7. The van der Waals surface area contributed by atoms with Gasteiger partial charge in [-0.05, 0) is 23.9 Å². The van der Waals surface area contributed by atoms with Crippen molar-refractivity contribution in [3.63, 3.8) is 0 Å². The summed E-state index contributed by atoms with van der Waals surface area (Å²) in [5, 5.41) is 8.76. The van der Waals surface area contributed by atoms with Gasteiger partial charge in [-0.15, -0.1) is 10.2 Å². The highest BCUT2D eigenvalue weighted by molar-refractivity contribution is 6.28. The number of hydrogen-bond acceptors (Lipinski definition) is 2. The smallest absolute Gasteiger partial charge is 0.225 e. The maximum atomic E-state index is 6.22. The molecule has 1 aromatic heterocycles. The van der Waals surface area contributed by atoms with E-state index in [9.17, 15) is 0 Å². The van der Waals surface area contributed by atoms with Gasteiger partial charge in [-0.25, -0.2) is 0 Å². The molecule has 0 aliphatic heterocycles. The molecule has 0 aliphatic rings. The average Bonchev–Trinajstić information content (AvgIpc) is 2.85. The van der Waals surface area contributed by atoms with Crippen molar-refractivity contribution in [2.24, 2.45) is 5.92 Å². The van der Waals surface area contributed by atoms with Gasteiger partial charge in [-0.3, -0.25) is 4.57 Å². The van der Waals surface area contributed by atoms with Gasteiger partial charge in [-0.1, -0.05) is 63.4 Å². The summed E-state index contributed by atoms with van der Waals surface area (Å²) in [6.45, 7) is 5.36. The molecule has 0 bridgehead atoms. The first kappa shape index (κ1) is 15.0. The molecule has 1 aromatic carbocycles. The largest absolute Gasteiger partial charge is 0.298 e. The highest BCUT2D eigenvalue weighted by Gasteiger charge is 2.15. The molecule has 3 nitrogen and oxygen atoms in total. The number of benzene rings is 1. The van der Waals surface area contributed by atoms with Crippen LogP contribution in [0.15, 0.2) is 30.3 Å². The Bertz CT molecular complexity index is 522.